The lowest BCUT2D eigenvalue weighted by Crippen LogP contribution is -2.26. The first kappa shape index (κ1) is 73.0. The molecule has 1 aliphatic carbocycles. The van der Waals surface area contributed by atoms with E-state index < -0.39 is 0 Å². The second-order valence-corrected chi connectivity index (χ2v) is 32.8. The number of hydrogen-bond donors (Lipinski definition) is 0. The number of anilines is 6. The van der Waals surface area contributed by atoms with Crippen molar-refractivity contribution >= 4 is 122 Å². The molecule has 0 bridgehead atoms. The van der Waals surface area contributed by atoms with Gasteiger partial charge in [0.1, 0.15) is 22.3 Å². The zero-order valence-electron chi connectivity index (χ0n) is 67.6. The molecule has 0 saturated heterocycles. The Balaban J connectivity index is 0.689. The van der Waals surface area contributed by atoms with E-state index >= 15 is 0 Å². The molecule has 6 heteroatoms. The summed E-state index contributed by atoms with van der Waals surface area (Å²) in [6.45, 7) is 4.67. The van der Waals surface area contributed by atoms with Crippen molar-refractivity contribution in [2.24, 2.45) is 0 Å². The molecule has 0 aliphatic heterocycles. The molecule has 0 amide bonds. The molecule has 20 aromatic rings. The molecule has 0 saturated carbocycles. The van der Waals surface area contributed by atoms with Gasteiger partial charge in [-0.25, -0.2) is 0 Å². The van der Waals surface area contributed by atoms with Crippen molar-refractivity contribution < 1.29 is 8.83 Å². The minimum absolute atomic E-state index is 0.293. The third-order valence-corrected chi connectivity index (χ3v) is 25.8. The third-order valence-electron chi connectivity index (χ3n) is 25.8. The molecule has 0 unspecified atom stereocenters. The first-order valence-corrected chi connectivity index (χ1v) is 43.2. The van der Waals surface area contributed by atoms with Crippen LogP contribution in [0.5, 0.6) is 0 Å². The molecular weight excluding hydrogens is 1450 g/mol. The Labute approximate surface area is 696 Å². The van der Waals surface area contributed by atoms with E-state index in [2.05, 4.69) is 397 Å². The van der Waals surface area contributed by atoms with Crippen LogP contribution in [-0.2, 0) is 5.41 Å². The van der Waals surface area contributed by atoms with Crippen LogP contribution in [0.1, 0.15) is 115 Å². The van der Waals surface area contributed by atoms with Crippen LogP contribution in [0.2, 0.25) is 0 Å². The number of furan rings is 2. The van der Waals surface area contributed by atoms with Gasteiger partial charge in [-0.05, 0) is 202 Å². The van der Waals surface area contributed by atoms with Gasteiger partial charge in [-0.15, -0.1) is 0 Å². The van der Waals surface area contributed by atoms with Crippen molar-refractivity contribution in [3.63, 3.8) is 0 Å². The Hall–Kier alpha value is -13.7. The quantitative estimate of drug-likeness (QED) is 0.0507. The van der Waals surface area contributed by atoms with Crippen LogP contribution in [0.25, 0.3) is 154 Å². The molecule has 0 fully saturated rings. The molecule has 21 rings (SSSR count). The second kappa shape index (κ2) is 31.4. The molecule has 4 heterocycles. The van der Waals surface area contributed by atoms with Crippen molar-refractivity contribution in [3.8, 4) is 67.0 Å². The topological polar surface area (TPSA) is 42.6 Å². The molecule has 4 aromatic heterocycles. The Morgan fingerprint density at radius 2 is 0.521 bits per heavy atom. The lowest BCUT2D eigenvalue weighted by molar-refractivity contribution is 0.398. The minimum Gasteiger partial charge on any atom is -0.455 e. The molecule has 16 aromatic carbocycles. The van der Waals surface area contributed by atoms with Crippen LogP contribution in [0.4, 0.5) is 34.1 Å². The molecule has 0 radical (unpaired) electrons. The lowest BCUT2D eigenvalue weighted by atomic mass is 9.70. The maximum Gasteiger partial charge on any atom is 0.143 e. The fourth-order valence-corrected chi connectivity index (χ4v) is 19.9. The van der Waals surface area contributed by atoms with E-state index in [1.54, 1.807) is 0 Å². The highest BCUT2D eigenvalue weighted by Crippen LogP contribution is 2.58. The molecule has 0 N–H and O–H groups in total. The summed E-state index contributed by atoms with van der Waals surface area (Å²) in [4.78, 5) is 5.03. The predicted molar refractivity (Wildman–Crippen MR) is 503 cm³/mol. The monoisotopic (exact) mass is 1540 g/mol. The van der Waals surface area contributed by atoms with E-state index in [1.807, 2.05) is 0 Å². The van der Waals surface area contributed by atoms with Crippen molar-refractivity contribution in [3.05, 3.63) is 375 Å². The summed E-state index contributed by atoms with van der Waals surface area (Å²) >= 11 is 0. The van der Waals surface area contributed by atoms with Crippen molar-refractivity contribution in [2.45, 2.75) is 109 Å². The van der Waals surface area contributed by atoms with Gasteiger partial charge in [-0.1, -0.05) is 321 Å². The smallest absolute Gasteiger partial charge is 0.143 e. The molecule has 0 atom stereocenters. The van der Waals surface area contributed by atoms with Crippen molar-refractivity contribution in [2.75, 3.05) is 9.80 Å². The van der Waals surface area contributed by atoms with Crippen molar-refractivity contribution in [1.82, 2.24) is 9.13 Å². The largest absolute Gasteiger partial charge is 0.455 e. The number of nitrogens with zero attached hydrogens (tertiary/aromatic N) is 4. The molecule has 6 nitrogen and oxygen atoms in total. The van der Waals surface area contributed by atoms with Gasteiger partial charge in [0.25, 0.3) is 0 Å². The lowest BCUT2D eigenvalue weighted by Gasteiger charge is -2.35. The molecule has 1 aliphatic rings. The number of para-hydroxylation sites is 8. The van der Waals surface area contributed by atoms with Gasteiger partial charge in [0.2, 0.25) is 0 Å². The van der Waals surface area contributed by atoms with Crippen LogP contribution in [0, 0.1) is 0 Å². The van der Waals surface area contributed by atoms with E-state index in [0.717, 1.165) is 148 Å². The zero-order chi connectivity index (χ0) is 79.3. The van der Waals surface area contributed by atoms with Gasteiger partial charge in [0.15, 0.2) is 0 Å². The van der Waals surface area contributed by atoms with Crippen LogP contribution >= 0.6 is 0 Å². The molecular formula is C113H94N4O2. The molecule has 119 heavy (non-hydrogen) atoms. The van der Waals surface area contributed by atoms with E-state index in [9.17, 15) is 0 Å². The maximum absolute atomic E-state index is 6.69. The SMILES string of the molecule is CCCCCCCCC1(CCCCCCCC)c2cc(N(c3ccc(-c4ccc(-n5c6ccccc6c6ccccc65)cc4)cc3)c3ccc(-c4cccc5c4oc4ccccc45)cc3)ccc2-c2ccc(N(c3ccc(-c4ccc(-n5c6ccccc6c6ccccc65)cc4)cc3)c3ccc(-c4cccc5c4oc4ccccc45)cc3)cc21. The van der Waals surface area contributed by atoms with Crippen LogP contribution in [0.3, 0.4) is 0 Å². The first-order chi connectivity index (χ1) is 58.9. The summed E-state index contributed by atoms with van der Waals surface area (Å²) < 4.78 is 18.2. The van der Waals surface area contributed by atoms with Crippen LogP contribution in [-0.4, -0.2) is 9.13 Å². The van der Waals surface area contributed by atoms with Gasteiger partial charge >= 0.3 is 0 Å². The summed E-state index contributed by atoms with van der Waals surface area (Å²) in [6, 6.07) is 135. The standard InChI is InChI=1S/C113H94N4O2/c1-3-5-7-9-11-25-73-113(74-26-12-10-8-6-4-2)103-75-89(114(85-65-53-81(54-66-85)91-35-27-37-101-99-33-17-23-43-109(99)118-111(91)101)83-57-45-77(46-58-83)79-49-61-87(62-50-79)116-105-39-19-13-29-95(105)96-30-14-20-40-106(96)116)69-71-93(103)94-72-70-90(76-104(94)113)115(86-67-55-82(56-68-86)92-36-28-38-102-100-34-18-24-44-110(100)119-112(92)102)84-59-47-78(48-60-84)80-51-63-88(64-52-80)117-107-41-21-15-31-97(107)98-32-16-22-42-108(98)117/h13-24,27-72,75-76H,3-12,25-26,73-74H2,1-2H3. The van der Waals surface area contributed by atoms with Gasteiger partial charge in [0, 0.05) is 105 Å². The Kier molecular flexibility index (Phi) is 19.3. The average molecular weight is 1540 g/mol. The molecule has 578 valence electrons. The summed E-state index contributed by atoms with van der Waals surface area (Å²) in [5.74, 6) is 0. The minimum atomic E-state index is -0.293. The summed E-state index contributed by atoms with van der Waals surface area (Å²) in [6.07, 6.45) is 16.8. The first-order valence-electron chi connectivity index (χ1n) is 43.2. The van der Waals surface area contributed by atoms with Gasteiger partial charge in [0.05, 0.1) is 22.1 Å². The number of hydrogen-bond acceptors (Lipinski definition) is 4. The van der Waals surface area contributed by atoms with Crippen molar-refractivity contribution in [1.29, 1.82) is 0 Å². The van der Waals surface area contributed by atoms with Gasteiger partial charge < -0.3 is 27.8 Å². The summed E-state index contributed by atoms with van der Waals surface area (Å²) in [5, 5.41) is 9.56. The Morgan fingerprint density at radius 1 is 0.235 bits per heavy atom. The summed E-state index contributed by atoms with van der Waals surface area (Å²) in [5.41, 5.74) is 31.7. The number of benzene rings is 16. The number of fused-ring (bicyclic) bond motifs is 15. The zero-order valence-corrected chi connectivity index (χ0v) is 67.6. The highest BCUT2D eigenvalue weighted by molar-refractivity contribution is 6.13. The van der Waals surface area contributed by atoms with Crippen LogP contribution in [0.15, 0.2) is 373 Å². The Bertz CT molecular complexity index is 6580. The third kappa shape index (κ3) is 13.1. The average Bonchev–Trinajstić information content (AvgIpc) is 1.58. The van der Waals surface area contributed by atoms with Crippen LogP contribution < -0.4 is 9.80 Å². The summed E-state index contributed by atoms with van der Waals surface area (Å²) in [7, 11) is 0. The predicted octanol–water partition coefficient (Wildman–Crippen LogP) is 33.1. The Morgan fingerprint density at radius 3 is 0.874 bits per heavy atom. The van der Waals surface area contributed by atoms with Gasteiger partial charge in [-0.2, -0.15) is 0 Å². The number of unbranched alkanes of at least 4 members (excludes halogenated alkanes) is 10. The highest BCUT2D eigenvalue weighted by Gasteiger charge is 2.43. The normalized spacial score (nSPS) is 12.5. The van der Waals surface area contributed by atoms with E-state index in [0.29, 0.717) is 0 Å². The van der Waals surface area contributed by atoms with Gasteiger partial charge in [-0.3, -0.25) is 0 Å². The van der Waals surface area contributed by atoms with E-state index in [1.165, 1.54) is 141 Å². The number of rotatable bonds is 26. The fourth-order valence-electron chi connectivity index (χ4n) is 19.9. The fraction of sp³-hybridized carbons (Fsp3) is 0.150. The van der Waals surface area contributed by atoms with E-state index in [4.69, 9.17) is 8.83 Å². The van der Waals surface area contributed by atoms with E-state index in [-0.39, 0.29) is 5.41 Å². The maximum atomic E-state index is 6.69. The molecule has 0 spiro atoms. The second-order valence-electron chi connectivity index (χ2n) is 32.8. The number of aromatic nitrogens is 2. The highest BCUT2D eigenvalue weighted by atomic mass is 16.3.